The maximum absolute atomic E-state index is 14.6. The number of carbonyl (C=O) groups excluding carboxylic acids is 1. The SMILES string of the molecule is CC1CCOC(C2OC2C(C)(O)C(C)(CO)CCC2CC[NH2+]C(N)C2)(C2CC3CCC4=C5C6C(CCC7CC(O)CC(C4=O)C76C)CC2(C)C53O)C1. The van der Waals surface area contributed by atoms with Gasteiger partial charge in [-0.2, -0.15) is 0 Å². The van der Waals surface area contributed by atoms with Gasteiger partial charge in [0, 0.05) is 29.8 Å². The number of hydrogen-bond acceptors (Lipinski definition) is 8. The molecule has 0 aromatic heterocycles. The third-order valence-corrected chi connectivity index (χ3v) is 18.7. The average Bonchev–Trinajstić information content (AvgIpc) is 3.88. The summed E-state index contributed by atoms with van der Waals surface area (Å²) < 4.78 is 13.9. The van der Waals surface area contributed by atoms with Crippen LogP contribution in [-0.4, -0.2) is 87.2 Å². The topological polar surface area (TPSA) is 162 Å². The van der Waals surface area contributed by atoms with Gasteiger partial charge >= 0.3 is 0 Å². The van der Waals surface area contributed by atoms with E-state index >= 15 is 0 Å². The summed E-state index contributed by atoms with van der Waals surface area (Å²) in [6.45, 7) is 12.4. The molecule has 9 nitrogen and oxygen atoms in total. The molecule has 0 aromatic rings. The standard InChI is InChI=1S/C43H68N2O7/c1-23-12-15-51-42(20-23,37-36(52-37)41(5,49)38(2,22-46)13-10-24-11-14-45-32(44)16-24)31-18-27-8-9-29-34-33-25(21-39(31,3)43(27,34)50)6-7-26-17-28(47)19-30(35(29)48)40(26,33)4/h23-28,30-33,36-37,45-47,49-50H,6-22,44H2,1-5H3/p+1. The van der Waals surface area contributed by atoms with E-state index in [1.54, 1.807) is 0 Å². The van der Waals surface area contributed by atoms with E-state index < -0.39 is 39.8 Å². The molecule has 4 saturated carbocycles. The van der Waals surface area contributed by atoms with E-state index in [1.165, 1.54) is 0 Å². The molecule has 9 aliphatic rings. The molecule has 3 heterocycles. The lowest BCUT2D eigenvalue weighted by Gasteiger charge is -2.69. The van der Waals surface area contributed by atoms with Crippen LogP contribution in [0.3, 0.4) is 0 Å². The molecule has 9 heteroatoms. The van der Waals surface area contributed by atoms with E-state index in [0.29, 0.717) is 43.1 Å². The second-order valence-corrected chi connectivity index (χ2v) is 21.1. The molecule has 18 atom stereocenters. The molecule has 18 unspecified atom stereocenters. The minimum Gasteiger partial charge on any atom is -0.396 e. The largest absolute Gasteiger partial charge is 0.396 e. The van der Waals surface area contributed by atoms with Crippen LogP contribution in [0.25, 0.3) is 0 Å². The first-order chi connectivity index (χ1) is 24.5. The summed E-state index contributed by atoms with van der Waals surface area (Å²) in [6, 6.07) is 0. The fourth-order valence-electron chi connectivity index (χ4n) is 15.6. The summed E-state index contributed by atoms with van der Waals surface area (Å²) >= 11 is 0. The Hall–Kier alpha value is -0.910. The number of ether oxygens (including phenoxy) is 2. The zero-order valence-corrected chi connectivity index (χ0v) is 32.6. The van der Waals surface area contributed by atoms with E-state index in [2.05, 4.69) is 26.1 Å². The van der Waals surface area contributed by atoms with Crippen LogP contribution in [0.5, 0.6) is 0 Å². The Morgan fingerprint density at radius 2 is 1.81 bits per heavy atom. The Kier molecular flexibility index (Phi) is 8.51. The number of ketones is 1. The zero-order valence-electron chi connectivity index (χ0n) is 32.6. The lowest BCUT2D eigenvalue weighted by atomic mass is 9.36. The predicted molar refractivity (Wildman–Crippen MR) is 195 cm³/mol. The quantitative estimate of drug-likeness (QED) is 0.207. The highest BCUT2D eigenvalue weighted by Crippen LogP contribution is 2.78. The molecule has 3 aliphatic heterocycles. The molecule has 7 fully saturated rings. The van der Waals surface area contributed by atoms with Crippen molar-refractivity contribution in [1.82, 2.24) is 0 Å². The van der Waals surface area contributed by atoms with Crippen LogP contribution >= 0.6 is 0 Å². The number of aliphatic hydroxyl groups is 4. The molecule has 0 spiro atoms. The van der Waals surface area contributed by atoms with Gasteiger partial charge in [0.05, 0.1) is 30.5 Å². The molecule has 52 heavy (non-hydrogen) atoms. The molecular weight excluding hydrogens is 656 g/mol. The van der Waals surface area contributed by atoms with Crippen molar-refractivity contribution in [3.05, 3.63) is 11.1 Å². The molecule has 0 amide bonds. The molecule has 6 aliphatic carbocycles. The van der Waals surface area contributed by atoms with Gasteiger partial charge in [-0.25, -0.2) is 0 Å². The number of piperidine rings is 1. The van der Waals surface area contributed by atoms with Crippen molar-refractivity contribution < 1.29 is 40.0 Å². The van der Waals surface area contributed by atoms with Crippen molar-refractivity contribution >= 4 is 5.78 Å². The first-order valence-corrected chi connectivity index (χ1v) is 21.4. The minimum absolute atomic E-state index is 0.00300. The number of Topliss-reactive ketones (excluding diaryl/α,β-unsaturated/α-hetero) is 1. The van der Waals surface area contributed by atoms with E-state index in [9.17, 15) is 25.2 Å². The summed E-state index contributed by atoms with van der Waals surface area (Å²) in [5.74, 6) is 1.87. The molecule has 0 radical (unpaired) electrons. The van der Waals surface area contributed by atoms with Crippen molar-refractivity contribution in [3.8, 4) is 0 Å². The van der Waals surface area contributed by atoms with Crippen molar-refractivity contribution in [2.24, 2.45) is 69.3 Å². The molecule has 0 bridgehead atoms. The lowest BCUT2D eigenvalue weighted by Crippen LogP contribution is -2.94. The number of carbonyl (C=O) groups is 1. The van der Waals surface area contributed by atoms with Gasteiger partial charge in [-0.05, 0) is 148 Å². The molecule has 0 aromatic carbocycles. The van der Waals surface area contributed by atoms with Crippen molar-refractivity contribution in [2.45, 2.75) is 166 Å². The second-order valence-electron chi connectivity index (χ2n) is 21.1. The number of epoxide rings is 1. The van der Waals surface area contributed by atoms with Gasteiger partial charge in [0.15, 0.2) is 5.78 Å². The summed E-state index contributed by atoms with van der Waals surface area (Å²) in [5, 5.41) is 50.4. The van der Waals surface area contributed by atoms with Crippen LogP contribution in [0, 0.1) is 63.6 Å². The Morgan fingerprint density at radius 3 is 2.54 bits per heavy atom. The van der Waals surface area contributed by atoms with Gasteiger partial charge in [0.2, 0.25) is 0 Å². The minimum atomic E-state index is -1.29. The van der Waals surface area contributed by atoms with Crippen molar-refractivity contribution in [3.63, 3.8) is 0 Å². The second kappa shape index (κ2) is 12.0. The maximum atomic E-state index is 14.6. The van der Waals surface area contributed by atoms with E-state index in [4.69, 9.17) is 15.2 Å². The summed E-state index contributed by atoms with van der Waals surface area (Å²) in [4.78, 5) is 14.6. The Labute approximate surface area is 311 Å². The van der Waals surface area contributed by atoms with Crippen LogP contribution in [-0.2, 0) is 14.3 Å². The summed E-state index contributed by atoms with van der Waals surface area (Å²) in [5.41, 5.74) is 3.74. The van der Waals surface area contributed by atoms with Gasteiger partial charge in [-0.3, -0.25) is 10.5 Å². The van der Waals surface area contributed by atoms with Crippen LogP contribution in [0.2, 0.25) is 0 Å². The van der Waals surface area contributed by atoms with Crippen LogP contribution in [0.1, 0.15) is 125 Å². The molecule has 3 saturated heterocycles. The number of aliphatic hydroxyl groups excluding tert-OH is 2. The predicted octanol–water partition coefficient (Wildman–Crippen LogP) is 3.60. The number of allylic oxidation sites excluding steroid dienone is 1. The van der Waals surface area contributed by atoms with Gasteiger partial charge in [0.25, 0.3) is 0 Å². The normalized spacial score (nSPS) is 54.6. The van der Waals surface area contributed by atoms with Gasteiger partial charge < -0.3 is 35.2 Å². The molecular formula is C43H69N2O7+. The highest BCUT2D eigenvalue weighted by atomic mass is 16.6. The summed E-state index contributed by atoms with van der Waals surface area (Å²) in [6.07, 6.45) is 11.0. The Bertz CT molecular complexity index is 1500. The smallest absolute Gasteiger partial charge is 0.162 e. The number of quaternary nitrogens is 1. The maximum Gasteiger partial charge on any atom is 0.162 e. The number of nitrogens with two attached hydrogens (primary N) is 2. The lowest BCUT2D eigenvalue weighted by molar-refractivity contribution is -0.699. The summed E-state index contributed by atoms with van der Waals surface area (Å²) in [7, 11) is 0. The monoisotopic (exact) mass is 726 g/mol. The third-order valence-electron chi connectivity index (χ3n) is 18.7. The molecule has 8 N–H and O–H groups in total. The van der Waals surface area contributed by atoms with Crippen LogP contribution in [0.15, 0.2) is 11.1 Å². The number of hydrogen-bond donors (Lipinski definition) is 6. The van der Waals surface area contributed by atoms with Gasteiger partial charge in [-0.15, -0.1) is 0 Å². The van der Waals surface area contributed by atoms with E-state index in [1.807, 2.05) is 13.8 Å². The molecule has 292 valence electrons. The Balaban J connectivity index is 1.08. The first kappa shape index (κ1) is 36.7. The average molecular weight is 726 g/mol. The van der Waals surface area contributed by atoms with Gasteiger partial charge in [0.1, 0.15) is 24.0 Å². The van der Waals surface area contributed by atoms with E-state index in [0.717, 1.165) is 94.7 Å². The number of rotatable bonds is 8. The van der Waals surface area contributed by atoms with Crippen LogP contribution < -0.4 is 11.1 Å². The van der Waals surface area contributed by atoms with Crippen molar-refractivity contribution in [1.29, 1.82) is 0 Å². The van der Waals surface area contributed by atoms with E-state index in [-0.39, 0.29) is 53.7 Å². The highest BCUT2D eigenvalue weighted by molar-refractivity contribution is 6.00. The highest BCUT2D eigenvalue weighted by Gasteiger charge is 2.79. The third kappa shape index (κ3) is 4.72. The first-order valence-electron chi connectivity index (χ1n) is 21.4. The van der Waals surface area contributed by atoms with Gasteiger partial charge in [-0.1, -0.05) is 27.7 Å². The molecule has 9 rings (SSSR count). The Morgan fingerprint density at radius 1 is 1.02 bits per heavy atom. The zero-order chi connectivity index (χ0) is 36.8. The fraction of sp³-hybridized carbons (Fsp3) is 0.930. The van der Waals surface area contributed by atoms with Crippen molar-refractivity contribution in [2.75, 3.05) is 19.8 Å². The fourth-order valence-corrected chi connectivity index (χ4v) is 15.6. The van der Waals surface area contributed by atoms with Crippen LogP contribution in [0.4, 0.5) is 0 Å².